The molecule has 2 saturated heterocycles. The molecule has 0 aliphatic carbocycles. The highest BCUT2D eigenvalue weighted by Gasteiger charge is 2.46. The Labute approximate surface area is 217 Å². The number of piperidine rings is 1. The first-order chi connectivity index (χ1) is 17.7. The number of β-amino-alcohol motifs (C(OH)–C–C–N with tert-alkyl or cyclic N) is 1. The number of aliphatic hydroxyl groups excluding tert-OH is 1. The van der Waals surface area contributed by atoms with E-state index in [2.05, 4.69) is 14.9 Å². The van der Waals surface area contributed by atoms with Crippen LogP contribution in [-0.4, -0.2) is 81.2 Å². The fourth-order valence-electron chi connectivity index (χ4n) is 4.89. The van der Waals surface area contributed by atoms with Gasteiger partial charge in [-0.25, -0.2) is 14.8 Å². The maximum absolute atomic E-state index is 13.0. The number of hydrogen-bond acceptors (Lipinski definition) is 7. The summed E-state index contributed by atoms with van der Waals surface area (Å²) in [6.07, 6.45) is -6.76. The normalized spacial score (nSPS) is 23.0. The molecule has 2 aromatic rings. The molecular formula is C23H23ClF6N4O4. The van der Waals surface area contributed by atoms with E-state index in [0.717, 1.165) is 55.9 Å². The van der Waals surface area contributed by atoms with Crippen molar-refractivity contribution in [3.63, 3.8) is 0 Å². The number of halogens is 7. The van der Waals surface area contributed by atoms with Crippen LogP contribution in [0.2, 0.25) is 5.02 Å². The van der Waals surface area contributed by atoms with Gasteiger partial charge >= 0.3 is 18.3 Å². The van der Waals surface area contributed by atoms with Gasteiger partial charge in [0.15, 0.2) is 0 Å². The van der Waals surface area contributed by atoms with Crippen LogP contribution in [0.3, 0.4) is 0 Å². The van der Waals surface area contributed by atoms with Crippen LogP contribution in [0.4, 0.5) is 32.3 Å². The molecule has 2 fully saturated rings. The molecule has 3 aliphatic rings. The number of anilines is 1. The molecule has 208 valence electrons. The van der Waals surface area contributed by atoms with E-state index in [9.17, 15) is 31.4 Å². The number of aromatic nitrogens is 2. The Kier molecular flexibility index (Phi) is 7.70. The molecule has 38 heavy (non-hydrogen) atoms. The summed E-state index contributed by atoms with van der Waals surface area (Å²) in [5.74, 6) is -1.88. The van der Waals surface area contributed by atoms with Crippen molar-refractivity contribution in [3.8, 4) is 5.75 Å². The molecule has 0 amide bonds. The minimum absolute atomic E-state index is 0.00342. The van der Waals surface area contributed by atoms with E-state index in [0.29, 0.717) is 11.6 Å². The molecule has 1 spiro atoms. The number of hydrogen-bond donors (Lipinski definition) is 2. The third-order valence-corrected chi connectivity index (χ3v) is 6.99. The predicted molar refractivity (Wildman–Crippen MR) is 122 cm³/mol. The summed E-state index contributed by atoms with van der Waals surface area (Å²) in [5.41, 5.74) is -0.111. The summed E-state index contributed by atoms with van der Waals surface area (Å²) in [6, 6.07) is 6.35. The molecule has 3 aliphatic heterocycles. The zero-order chi connectivity index (χ0) is 27.9. The van der Waals surface area contributed by atoms with E-state index < -0.39 is 30.1 Å². The Morgan fingerprint density at radius 1 is 1.11 bits per heavy atom. The van der Waals surface area contributed by atoms with Crippen LogP contribution in [0.15, 0.2) is 30.5 Å². The first kappa shape index (κ1) is 28.2. The third-order valence-electron chi connectivity index (χ3n) is 6.76. The number of aliphatic carboxylic acids is 1. The molecule has 0 bridgehead atoms. The lowest BCUT2D eigenvalue weighted by Gasteiger charge is -2.41. The fourth-order valence-corrected chi connectivity index (χ4v) is 5.09. The largest absolute Gasteiger partial charge is 0.490 e. The van der Waals surface area contributed by atoms with Gasteiger partial charge in [0.05, 0.1) is 12.1 Å². The molecule has 15 heteroatoms. The molecule has 0 saturated carbocycles. The van der Waals surface area contributed by atoms with Gasteiger partial charge in [-0.1, -0.05) is 11.6 Å². The molecule has 2 atom stereocenters. The van der Waals surface area contributed by atoms with E-state index >= 15 is 0 Å². The number of carboxylic acids is 1. The van der Waals surface area contributed by atoms with Gasteiger partial charge in [-0.2, -0.15) is 26.3 Å². The van der Waals surface area contributed by atoms with Crippen LogP contribution in [0.25, 0.3) is 0 Å². The van der Waals surface area contributed by atoms with Crippen molar-refractivity contribution >= 4 is 23.5 Å². The second-order valence-electron chi connectivity index (χ2n) is 9.33. The zero-order valence-corrected chi connectivity index (χ0v) is 20.4. The summed E-state index contributed by atoms with van der Waals surface area (Å²) < 4.78 is 77.0. The van der Waals surface area contributed by atoms with Gasteiger partial charge in [0.1, 0.15) is 17.0 Å². The van der Waals surface area contributed by atoms with Crippen LogP contribution < -0.4 is 9.64 Å². The first-order valence-corrected chi connectivity index (χ1v) is 11.9. The lowest BCUT2D eigenvalue weighted by molar-refractivity contribution is -0.192. The molecule has 1 aromatic heterocycles. The highest BCUT2D eigenvalue weighted by Crippen LogP contribution is 2.42. The van der Waals surface area contributed by atoms with Crippen molar-refractivity contribution in [2.24, 2.45) is 0 Å². The Morgan fingerprint density at radius 3 is 2.37 bits per heavy atom. The van der Waals surface area contributed by atoms with E-state index in [1.54, 1.807) is 4.90 Å². The smallest absolute Gasteiger partial charge is 0.487 e. The number of alkyl halides is 6. The second kappa shape index (κ2) is 10.4. The van der Waals surface area contributed by atoms with Crippen molar-refractivity contribution < 1.29 is 46.1 Å². The van der Waals surface area contributed by atoms with Crippen LogP contribution in [0.5, 0.6) is 5.75 Å². The molecule has 5 rings (SSSR count). The molecule has 8 nitrogen and oxygen atoms in total. The third kappa shape index (κ3) is 6.24. The number of benzene rings is 1. The van der Waals surface area contributed by atoms with Crippen molar-refractivity contribution in [2.75, 3.05) is 31.1 Å². The summed E-state index contributed by atoms with van der Waals surface area (Å²) in [6.45, 7) is 2.06. The Hall–Kier alpha value is -2.84. The van der Waals surface area contributed by atoms with Crippen LogP contribution in [0, 0.1) is 0 Å². The van der Waals surface area contributed by atoms with Gasteiger partial charge in [-0.05, 0) is 29.8 Å². The van der Waals surface area contributed by atoms with E-state index in [1.807, 2.05) is 18.2 Å². The minimum atomic E-state index is -5.08. The number of rotatable bonds is 2. The molecule has 1 unspecified atom stereocenters. The minimum Gasteiger partial charge on any atom is -0.487 e. The average molecular weight is 569 g/mol. The quantitative estimate of drug-likeness (QED) is 0.528. The highest BCUT2D eigenvalue weighted by molar-refractivity contribution is 6.30. The Morgan fingerprint density at radius 2 is 1.76 bits per heavy atom. The number of ether oxygens (including phenoxy) is 1. The van der Waals surface area contributed by atoms with Gasteiger partial charge in [0.2, 0.25) is 5.95 Å². The molecule has 2 N–H and O–H groups in total. The lowest BCUT2D eigenvalue weighted by Crippen LogP contribution is -2.53. The van der Waals surface area contributed by atoms with Gasteiger partial charge in [-0.3, -0.25) is 4.90 Å². The van der Waals surface area contributed by atoms with Crippen molar-refractivity contribution in [1.29, 1.82) is 0 Å². The van der Waals surface area contributed by atoms with Crippen LogP contribution >= 0.6 is 11.6 Å². The van der Waals surface area contributed by atoms with Gasteiger partial charge in [-0.15, -0.1) is 0 Å². The summed E-state index contributed by atoms with van der Waals surface area (Å²) in [7, 11) is 0. The standard InChI is InChI=1S/C21H22ClF3N4O2.C2HF3O2/c22-14-1-2-17-13(9-14)10-20(31-17)4-7-28(8-5-20)15-11-29(12-16(15)30)19-26-6-3-18(27-19)21(23,24)25;3-2(4,5)1(6)7/h1-3,6,9,15-16,30H,4-5,7-8,10-12H2;(H,6,7)/t15?,16-;/m1./s1. The predicted octanol–water partition coefficient (Wildman–Crippen LogP) is 3.80. The molecule has 0 radical (unpaired) electrons. The zero-order valence-electron chi connectivity index (χ0n) is 19.6. The summed E-state index contributed by atoms with van der Waals surface area (Å²) in [5, 5.41) is 18.4. The van der Waals surface area contributed by atoms with Gasteiger partial charge in [0.25, 0.3) is 0 Å². The first-order valence-electron chi connectivity index (χ1n) is 11.5. The SMILES string of the molecule is O=C(O)C(F)(F)F.O[C@@H]1CN(c2nccc(C(F)(F)F)n2)CC1N1CCC2(CC1)Cc1cc(Cl)ccc1O2. The summed E-state index contributed by atoms with van der Waals surface area (Å²) in [4.78, 5) is 20.4. The number of carboxylic acid groups (broad SMARTS) is 1. The number of aliphatic hydroxyl groups is 1. The van der Waals surface area contributed by atoms with E-state index in [4.69, 9.17) is 26.2 Å². The van der Waals surface area contributed by atoms with Gasteiger partial charge < -0.3 is 19.8 Å². The number of fused-ring (bicyclic) bond motifs is 1. The number of nitrogens with zero attached hydrogens (tertiary/aromatic N) is 4. The number of carbonyl (C=O) groups is 1. The van der Waals surface area contributed by atoms with Gasteiger partial charge in [0, 0.05) is 56.7 Å². The Balaban J connectivity index is 0.000000426. The van der Waals surface area contributed by atoms with E-state index in [-0.39, 0.29) is 24.1 Å². The average Bonchev–Trinajstić information content (AvgIpc) is 3.39. The molecule has 4 heterocycles. The van der Waals surface area contributed by atoms with Crippen molar-refractivity contribution in [3.05, 3.63) is 46.7 Å². The van der Waals surface area contributed by atoms with Crippen LogP contribution in [-0.2, 0) is 17.4 Å². The monoisotopic (exact) mass is 568 g/mol. The topological polar surface area (TPSA) is 99.0 Å². The summed E-state index contributed by atoms with van der Waals surface area (Å²) >= 11 is 6.11. The molecule has 1 aromatic carbocycles. The Bertz CT molecular complexity index is 1170. The van der Waals surface area contributed by atoms with Crippen molar-refractivity contribution in [2.45, 2.75) is 49.4 Å². The van der Waals surface area contributed by atoms with Crippen molar-refractivity contribution in [1.82, 2.24) is 14.9 Å². The van der Waals surface area contributed by atoms with Crippen LogP contribution in [0.1, 0.15) is 24.1 Å². The maximum Gasteiger partial charge on any atom is 0.490 e. The fraction of sp³-hybridized carbons (Fsp3) is 0.522. The second-order valence-corrected chi connectivity index (χ2v) is 9.77. The highest BCUT2D eigenvalue weighted by atomic mass is 35.5. The number of likely N-dealkylation sites (tertiary alicyclic amines) is 1. The van der Waals surface area contributed by atoms with E-state index in [1.165, 1.54) is 0 Å². The lowest BCUT2D eigenvalue weighted by atomic mass is 9.86. The maximum atomic E-state index is 13.0. The molecular weight excluding hydrogens is 546 g/mol.